The third-order valence-corrected chi connectivity index (χ3v) is 5.57. The van der Waals surface area contributed by atoms with E-state index < -0.39 is 23.5 Å². The number of methoxy groups -OCH3 is 1. The van der Waals surface area contributed by atoms with E-state index in [1.807, 2.05) is 6.07 Å². The zero-order valence-electron chi connectivity index (χ0n) is 17.1. The van der Waals surface area contributed by atoms with Crippen molar-refractivity contribution in [3.63, 3.8) is 0 Å². The van der Waals surface area contributed by atoms with E-state index in [-0.39, 0.29) is 23.4 Å². The number of amides is 1. The van der Waals surface area contributed by atoms with Crippen molar-refractivity contribution in [3.05, 3.63) is 106 Å². The molecule has 162 valence electrons. The number of nitrogens with zero attached hydrogens (tertiary/aromatic N) is 1. The molecule has 3 aromatic carbocycles. The van der Waals surface area contributed by atoms with E-state index in [0.29, 0.717) is 21.9 Å². The number of Topliss-reactive ketones (excluding diaryl/α,β-unsaturated/α-hetero) is 1. The van der Waals surface area contributed by atoms with Gasteiger partial charge < -0.3 is 14.7 Å². The molecule has 3 aromatic rings. The Balaban J connectivity index is 1.88. The molecule has 0 bridgehead atoms. The van der Waals surface area contributed by atoms with Gasteiger partial charge in [-0.05, 0) is 41.5 Å². The summed E-state index contributed by atoms with van der Waals surface area (Å²) in [5, 5.41) is 11.5. The number of aliphatic hydroxyl groups excluding tert-OH is 1. The van der Waals surface area contributed by atoms with Gasteiger partial charge in [0.15, 0.2) is 0 Å². The maximum absolute atomic E-state index is 13.3. The molecule has 1 unspecified atom stereocenters. The summed E-state index contributed by atoms with van der Waals surface area (Å²) in [4.78, 5) is 27.5. The van der Waals surface area contributed by atoms with Gasteiger partial charge in [0.25, 0.3) is 11.7 Å². The molecule has 7 heteroatoms. The first-order chi connectivity index (χ1) is 15.4. The van der Waals surface area contributed by atoms with Crippen LogP contribution in [0, 0.1) is 5.82 Å². The third kappa shape index (κ3) is 3.97. The van der Waals surface area contributed by atoms with Crippen LogP contribution in [0.15, 0.2) is 78.4 Å². The van der Waals surface area contributed by atoms with Gasteiger partial charge in [0.1, 0.15) is 17.3 Å². The van der Waals surface area contributed by atoms with E-state index in [9.17, 15) is 19.1 Å². The van der Waals surface area contributed by atoms with Crippen molar-refractivity contribution >= 4 is 29.1 Å². The first kappa shape index (κ1) is 21.6. The zero-order chi connectivity index (χ0) is 22.8. The van der Waals surface area contributed by atoms with Crippen LogP contribution < -0.4 is 4.74 Å². The maximum atomic E-state index is 13.3. The molecule has 4 rings (SSSR count). The van der Waals surface area contributed by atoms with E-state index in [2.05, 4.69) is 0 Å². The van der Waals surface area contributed by atoms with Crippen LogP contribution in [0.1, 0.15) is 22.7 Å². The highest BCUT2D eigenvalue weighted by atomic mass is 35.5. The van der Waals surface area contributed by atoms with Gasteiger partial charge in [-0.25, -0.2) is 4.39 Å². The first-order valence-electron chi connectivity index (χ1n) is 9.82. The van der Waals surface area contributed by atoms with Gasteiger partial charge >= 0.3 is 0 Å². The molecule has 1 saturated heterocycles. The molecule has 1 N–H and O–H groups in total. The molecule has 0 aromatic heterocycles. The lowest BCUT2D eigenvalue weighted by Crippen LogP contribution is -2.29. The second kappa shape index (κ2) is 8.85. The maximum Gasteiger partial charge on any atom is 0.295 e. The fraction of sp³-hybridized carbons (Fsp3) is 0.120. The van der Waals surface area contributed by atoms with E-state index in [4.69, 9.17) is 16.3 Å². The highest BCUT2D eigenvalue weighted by Gasteiger charge is 2.46. The largest absolute Gasteiger partial charge is 0.507 e. The molecule has 32 heavy (non-hydrogen) atoms. The minimum absolute atomic E-state index is 0.0634. The van der Waals surface area contributed by atoms with Gasteiger partial charge in [-0.15, -0.1) is 0 Å². The lowest BCUT2D eigenvalue weighted by molar-refractivity contribution is -0.140. The van der Waals surface area contributed by atoms with Crippen molar-refractivity contribution in [1.82, 2.24) is 4.90 Å². The van der Waals surface area contributed by atoms with Crippen LogP contribution >= 0.6 is 11.6 Å². The fourth-order valence-electron chi connectivity index (χ4n) is 3.82. The lowest BCUT2D eigenvalue weighted by atomic mass is 9.95. The van der Waals surface area contributed by atoms with E-state index in [0.717, 1.165) is 0 Å². The van der Waals surface area contributed by atoms with Crippen LogP contribution in [0.25, 0.3) is 5.76 Å². The Bertz CT molecular complexity index is 1210. The summed E-state index contributed by atoms with van der Waals surface area (Å²) in [5.41, 5.74) is 1.44. The van der Waals surface area contributed by atoms with Gasteiger partial charge in [-0.1, -0.05) is 54.1 Å². The predicted molar refractivity (Wildman–Crippen MR) is 119 cm³/mol. The zero-order valence-corrected chi connectivity index (χ0v) is 17.8. The fourth-order valence-corrected chi connectivity index (χ4v) is 3.99. The van der Waals surface area contributed by atoms with Crippen LogP contribution in [0.3, 0.4) is 0 Å². The van der Waals surface area contributed by atoms with Crippen molar-refractivity contribution in [3.8, 4) is 5.75 Å². The normalized spacial score (nSPS) is 17.6. The molecule has 0 saturated carbocycles. The lowest BCUT2D eigenvalue weighted by Gasteiger charge is -2.25. The van der Waals surface area contributed by atoms with Crippen molar-refractivity contribution in [1.29, 1.82) is 0 Å². The molecule has 1 fully saturated rings. The molecule has 0 radical (unpaired) electrons. The van der Waals surface area contributed by atoms with E-state index in [1.165, 1.54) is 30.2 Å². The number of benzene rings is 3. The Morgan fingerprint density at radius 2 is 1.75 bits per heavy atom. The number of ether oxygens (including phenoxy) is 1. The Morgan fingerprint density at radius 1 is 1.06 bits per heavy atom. The van der Waals surface area contributed by atoms with Crippen LogP contribution in [-0.4, -0.2) is 28.8 Å². The van der Waals surface area contributed by atoms with Crippen molar-refractivity contribution in [2.45, 2.75) is 12.6 Å². The average Bonchev–Trinajstić information content (AvgIpc) is 3.05. The Kier molecular flexibility index (Phi) is 5.97. The second-order valence-corrected chi connectivity index (χ2v) is 7.75. The van der Waals surface area contributed by atoms with Crippen LogP contribution in [0.2, 0.25) is 5.02 Å². The van der Waals surface area contributed by atoms with E-state index >= 15 is 0 Å². The standard InChI is InChI=1S/C25H19ClFNO4/c1-32-20-12-9-17(26)13-19(20)23(29)21-22(16-5-3-2-4-6-16)28(25(31)24(21)30)14-15-7-10-18(27)11-8-15/h2-13,22,29H,14H2,1H3/b23-21+. The second-order valence-electron chi connectivity index (χ2n) is 7.31. The van der Waals surface area contributed by atoms with Gasteiger partial charge in [0.05, 0.1) is 24.3 Å². The molecular weight excluding hydrogens is 433 g/mol. The molecule has 1 aliphatic rings. The number of carbonyl (C=O) groups is 2. The summed E-state index contributed by atoms with van der Waals surface area (Å²) in [7, 11) is 1.43. The molecule has 0 spiro atoms. The minimum atomic E-state index is -0.843. The first-order valence-corrected chi connectivity index (χ1v) is 10.2. The van der Waals surface area contributed by atoms with Crippen molar-refractivity contribution < 1.29 is 23.8 Å². The molecule has 1 heterocycles. The Labute approximate surface area is 189 Å². The third-order valence-electron chi connectivity index (χ3n) is 5.34. The summed E-state index contributed by atoms with van der Waals surface area (Å²) in [6.07, 6.45) is 0. The Hall–Kier alpha value is -3.64. The number of ketones is 1. The van der Waals surface area contributed by atoms with Gasteiger partial charge in [-0.3, -0.25) is 9.59 Å². The Morgan fingerprint density at radius 3 is 2.41 bits per heavy atom. The molecule has 1 amide bonds. The number of likely N-dealkylation sites (tertiary alicyclic amines) is 1. The smallest absolute Gasteiger partial charge is 0.295 e. The molecule has 1 atom stereocenters. The van der Waals surface area contributed by atoms with Crippen molar-refractivity contribution in [2.24, 2.45) is 0 Å². The highest BCUT2D eigenvalue weighted by molar-refractivity contribution is 6.46. The highest BCUT2D eigenvalue weighted by Crippen LogP contribution is 2.42. The number of aliphatic hydroxyl groups is 1. The topological polar surface area (TPSA) is 66.8 Å². The summed E-state index contributed by atoms with van der Waals surface area (Å²) < 4.78 is 18.7. The molecule has 1 aliphatic heterocycles. The predicted octanol–water partition coefficient (Wildman–Crippen LogP) is 5.11. The van der Waals surface area contributed by atoms with Crippen LogP contribution in [0.5, 0.6) is 5.75 Å². The summed E-state index contributed by atoms with van der Waals surface area (Å²) in [6.45, 7) is 0.0634. The van der Waals surface area contributed by atoms with Gasteiger partial charge in [-0.2, -0.15) is 0 Å². The number of hydrogen-bond acceptors (Lipinski definition) is 4. The number of rotatable bonds is 5. The number of carbonyl (C=O) groups excluding carboxylic acids is 2. The summed E-state index contributed by atoms with van der Waals surface area (Å²) in [5.74, 6) is -2.05. The molecular formula is C25H19ClFNO4. The quantitative estimate of drug-likeness (QED) is 0.332. The van der Waals surface area contributed by atoms with Crippen LogP contribution in [0.4, 0.5) is 4.39 Å². The van der Waals surface area contributed by atoms with Gasteiger partial charge in [0.2, 0.25) is 0 Å². The van der Waals surface area contributed by atoms with Crippen LogP contribution in [-0.2, 0) is 16.1 Å². The monoisotopic (exact) mass is 451 g/mol. The summed E-state index contributed by atoms with van der Waals surface area (Å²) in [6, 6.07) is 18.4. The minimum Gasteiger partial charge on any atom is -0.507 e. The van der Waals surface area contributed by atoms with E-state index in [1.54, 1.807) is 48.5 Å². The average molecular weight is 452 g/mol. The van der Waals surface area contributed by atoms with Crippen molar-refractivity contribution in [2.75, 3.05) is 7.11 Å². The number of halogens is 2. The SMILES string of the molecule is COc1ccc(Cl)cc1/C(O)=C1\C(=O)C(=O)N(Cc2ccc(F)cc2)C1c1ccccc1. The molecule has 0 aliphatic carbocycles. The summed E-state index contributed by atoms with van der Waals surface area (Å²) >= 11 is 6.11. The molecule has 5 nitrogen and oxygen atoms in total. The van der Waals surface area contributed by atoms with Gasteiger partial charge in [0, 0.05) is 11.6 Å². The number of hydrogen-bond donors (Lipinski definition) is 1.